The van der Waals surface area contributed by atoms with E-state index in [0.717, 1.165) is 40.9 Å². The number of carboxylic acid groups (broad SMARTS) is 1. The number of rotatable bonds is 9. The van der Waals surface area contributed by atoms with Gasteiger partial charge in [0.05, 0.1) is 0 Å². The summed E-state index contributed by atoms with van der Waals surface area (Å²) in [6.45, 7) is 4.96. The summed E-state index contributed by atoms with van der Waals surface area (Å²) in [4.78, 5) is 10.8. The van der Waals surface area contributed by atoms with E-state index in [1.54, 1.807) is 12.1 Å². The van der Waals surface area contributed by atoms with Gasteiger partial charge >= 0.3 is 5.97 Å². The van der Waals surface area contributed by atoms with Crippen molar-refractivity contribution in [3.8, 4) is 22.6 Å². The Kier molecular flexibility index (Phi) is 9.76. The van der Waals surface area contributed by atoms with E-state index >= 15 is 0 Å². The Morgan fingerprint density at radius 1 is 0.725 bits per heavy atom. The maximum Gasteiger partial charge on any atom is 0.303 e. The van der Waals surface area contributed by atoms with Gasteiger partial charge in [-0.1, -0.05) is 104 Å². The SMILES string of the molecule is CCC[C@H](CN[C@H](C)c1ccccc1)CC(=O)O.Oc1ccc2ccccc2c1-c1c(O)ccc2ccccc12. The maximum absolute atomic E-state index is 10.8. The number of fused-ring (bicyclic) bond motifs is 2. The number of carbonyl (C=O) groups is 1. The van der Waals surface area contributed by atoms with Crippen molar-refractivity contribution in [2.24, 2.45) is 5.92 Å². The zero-order chi connectivity index (χ0) is 28.5. The van der Waals surface area contributed by atoms with E-state index in [0.29, 0.717) is 11.1 Å². The van der Waals surface area contributed by atoms with Crippen LogP contribution < -0.4 is 5.32 Å². The number of nitrogens with one attached hydrogen (secondary N) is 1. The van der Waals surface area contributed by atoms with Crippen molar-refractivity contribution in [2.45, 2.75) is 39.2 Å². The fraction of sp³-hybridized carbons (Fsp3) is 0.229. The Bertz CT molecular complexity index is 1480. The van der Waals surface area contributed by atoms with Crippen molar-refractivity contribution in [2.75, 3.05) is 6.54 Å². The van der Waals surface area contributed by atoms with E-state index in [-0.39, 0.29) is 29.9 Å². The molecule has 206 valence electrons. The molecule has 0 saturated carbocycles. The molecule has 40 heavy (non-hydrogen) atoms. The molecule has 5 heteroatoms. The van der Waals surface area contributed by atoms with Crippen LogP contribution in [0.3, 0.4) is 0 Å². The maximum atomic E-state index is 10.8. The second-order valence-electron chi connectivity index (χ2n) is 10.2. The molecule has 0 spiro atoms. The Morgan fingerprint density at radius 3 is 1.73 bits per heavy atom. The van der Waals surface area contributed by atoms with Gasteiger partial charge in [-0.05, 0) is 65.0 Å². The normalized spacial score (nSPS) is 12.4. The van der Waals surface area contributed by atoms with Gasteiger partial charge in [0.15, 0.2) is 0 Å². The molecule has 0 bridgehead atoms. The van der Waals surface area contributed by atoms with E-state index < -0.39 is 5.97 Å². The van der Waals surface area contributed by atoms with Crippen LogP contribution in [-0.4, -0.2) is 27.8 Å². The van der Waals surface area contributed by atoms with Crippen molar-refractivity contribution in [1.29, 1.82) is 0 Å². The quantitative estimate of drug-likeness (QED) is 0.152. The molecule has 0 aliphatic carbocycles. The number of hydrogen-bond acceptors (Lipinski definition) is 4. The van der Waals surface area contributed by atoms with Gasteiger partial charge in [-0.2, -0.15) is 0 Å². The number of aromatic hydroxyl groups is 2. The predicted molar refractivity (Wildman–Crippen MR) is 164 cm³/mol. The fourth-order valence-corrected chi connectivity index (χ4v) is 5.18. The highest BCUT2D eigenvalue weighted by Gasteiger charge is 2.16. The number of benzene rings is 5. The van der Waals surface area contributed by atoms with E-state index in [2.05, 4.69) is 31.3 Å². The molecule has 0 aromatic heterocycles. The summed E-state index contributed by atoms with van der Waals surface area (Å²) in [6, 6.07) is 33.3. The van der Waals surface area contributed by atoms with Crippen LogP contribution in [0.25, 0.3) is 32.7 Å². The number of hydrogen-bond donors (Lipinski definition) is 4. The van der Waals surface area contributed by atoms with E-state index in [1.807, 2.05) is 78.9 Å². The van der Waals surface area contributed by atoms with Crippen LogP contribution in [-0.2, 0) is 4.79 Å². The monoisotopic (exact) mass is 535 g/mol. The minimum Gasteiger partial charge on any atom is -0.507 e. The molecule has 0 unspecified atom stereocenters. The molecule has 2 atom stereocenters. The standard InChI is InChI=1S/C20H14O2.C15H23NO2/c21-17-11-9-13-5-1-3-7-15(13)19(17)20-16-8-4-2-6-14(16)10-12-18(20)22;1-3-7-13(10-15(17)18)11-16-12(2)14-8-5-4-6-9-14/h1-12,21-22H;4-6,8-9,12-13,16H,3,7,10-11H2,1-2H3,(H,17,18)/t;12-,13+/m.1/s1. The van der Waals surface area contributed by atoms with Crippen molar-refractivity contribution < 1.29 is 20.1 Å². The summed E-state index contributed by atoms with van der Waals surface area (Å²) in [5.41, 5.74) is 2.59. The highest BCUT2D eigenvalue weighted by molar-refractivity contribution is 6.09. The van der Waals surface area contributed by atoms with Crippen LogP contribution in [0.15, 0.2) is 103 Å². The summed E-state index contributed by atoms with van der Waals surface area (Å²) in [7, 11) is 0. The lowest BCUT2D eigenvalue weighted by molar-refractivity contribution is -0.138. The molecule has 0 amide bonds. The summed E-state index contributed by atoms with van der Waals surface area (Å²) in [6.07, 6.45) is 2.24. The second kappa shape index (κ2) is 13.6. The number of carboxylic acids is 1. The average molecular weight is 536 g/mol. The molecule has 4 N–H and O–H groups in total. The number of phenolic OH excluding ortho intramolecular Hbond substituents is 2. The predicted octanol–water partition coefficient (Wildman–Crippen LogP) is 8.30. The molecule has 0 fully saturated rings. The summed E-state index contributed by atoms with van der Waals surface area (Å²) >= 11 is 0. The molecule has 0 saturated heterocycles. The fourth-order valence-electron chi connectivity index (χ4n) is 5.18. The molecule has 5 nitrogen and oxygen atoms in total. The van der Waals surface area contributed by atoms with Crippen LogP contribution in [0.1, 0.15) is 44.7 Å². The lowest BCUT2D eigenvalue weighted by Crippen LogP contribution is -2.27. The third-order valence-corrected chi connectivity index (χ3v) is 7.24. The lowest BCUT2D eigenvalue weighted by atomic mass is 9.92. The summed E-state index contributed by atoms with van der Waals surface area (Å²) < 4.78 is 0. The first-order valence-electron chi connectivity index (χ1n) is 13.8. The molecule has 0 radical (unpaired) electrons. The molecule has 0 aliphatic heterocycles. The van der Waals surface area contributed by atoms with Crippen LogP contribution in [0.5, 0.6) is 11.5 Å². The third-order valence-electron chi connectivity index (χ3n) is 7.24. The minimum absolute atomic E-state index is 0.172. The smallest absolute Gasteiger partial charge is 0.303 e. The van der Waals surface area contributed by atoms with Gasteiger partial charge in [-0.3, -0.25) is 4.79 Å². The highest BCUT2D eigenvalue weighted by Crippen LogP contribution is 2.44. The van der Waals surface area contributed by atoms with Crippen molar-refractivity contribution in [3.05, 3.63) is 109 Å². The van der Waals surface area contributed by atoms with E-state index in [1.165, 1.54) is 5.56 Å². The zero-order valence-electron chi connectivity index (χ0n) is 23.0. The largest absolute Gasteiger partial charge is 0.507 e. The van der Waals surface area contributed by atoms with Crippen LogP contribution >= 0.6 is 0 Å². The molecule has 0 aliphatic rings. The Balaban J connectivity index is 0.000000190. The van der Waals surface area contributed by atoms with Gasteiger partial charge < -0.3 is 20.6 Å². The summed E-state index contributed by atoms with van der Waals surface area (Å²) in [5, 5.41) is 37.1. The molecular formula is C35H37NO4. The van der Waals surface area contributed by atoms with Gasteiger partial charge in [0.25, 0.3) is 0 Å². The van der Waals surface area contributed by atoms with Gasteiger partial charge in [0, 0.05) is 23.6 Å². The van der Waals surface area contributed by atoms with Crippen LogP contribution in [0.4, 0.5) is 0 Å². The molecule has 5 rings (SSSR count). The van der Waals surface area contributed by atoms with Crippen LogP contribution in [0, 0.1) is 5.92 Å². The molecule has 5 aromatic rings. The molecule has 0 heterocycles. The first kappa shape index (κ1) is 28.7. The zero-order valence-corrected chi connectivity index (χ0v) is 23.0. The Hall–Kier alpha value is -4.35. The first-order valence-corrected chi connectivity index (χ1v) is 13.8. The van der Waals surface area contributed by atoms with Crippen LogP contribution in [0.2, 0.25) is 0 Å². The minimum atomic E-state index is -0.706. The van der Waals surface area contributed by atoms with Gasteiger partial charge in [0.1, 0.15) is 11.5 Å². The van der Waals surface area contributed by atoms with Gasteiger partial charge in [-0.15, -0.1) is 0 Å². The Labute approximate surface area is 235 Å². The average Bonchev–Trinajstić information content (AvgIpc) is 2.97. The van der Waals surface area contributed by atoms with E-state index in [9.17, 15) is 15.0 Å². The molecule has 5 aromatic carbocycles. The van der Waals surface area contributed by atoms with E-state index in [4.69, 9.17) is 5.11 Å². The van der Waals surface area contributed by atoms with Gasteiger partial charge in [-0.25, -0.2) is 0 Å². The lowest BCUT2D eigenvalue weighted by Gasteiger charge is -2.19. The number of aliphatic carboxylic acids is 1. The topological polar surface area (TPSA) is 89.8 Å². The third kappa shape index (κ3) is 6.99. The first-order chi connectivity index (χ1) is 19.4. The number of phenols is 2. The van der Waals surface area contributed by atoms with Crippen molar-refractivity contribution >= 4 is 27.5 Å². The van der Waals surface area contributed by atoms with Gasteiger partial charge in [0.2, 0.25) is 0 Å². The van der Waals surface area contributed by atoms with Crippen molar-refractivity contribution in [1.82, 2.24) is 5.32 Å². The van der Waals surface area contributed by atoms with Crippen molar-refractivity contribution in [3.63, 3.8) is 0 Å². The highest BCUT2D eigenvalue weighted by atomic mass is 16.4. The second-order valence-corrected chi connectivity index (χ2v) is 10.2. The molecular weight excluding hydrogens is 498 g/mol. The Morgan fingerprint density at radius 2 is 1.23 bits per heavy atom. The summed E-state index contributed by atoms with van der Waals surface area (Å²) in [5.74, 6) is -0.142.